The van der Waals surface area contributed by atoms with Gasteiger partial charge in [-0.15, -0.1) is 0 Å². The Bertz CT molecular complexity index is 1100. The van der Waals surface area contributed by atoms with Crippen molar-refractivity contribution in [2.45, 2.75) is 33.9 Å². The zero-order chi connectivity index (χ0) is 23.0. The van der Waals surface area contributed by atoms with Gasteiger partial charge in [-0.2, -0.15) is 0 Å². The van der Waals surface area contributed by atoms with Gasteiger partial charge in [0.1, 0.15) is 6.61 Å². The lowest BCUT2D eigenvalue weighted by atomic mass is 9.98. The number of allylic oxidation sites excluding steroid dienone is 1. The van der Waals surface area contributed by atoms with Gasteiger partial charge in [0.2, 0.25) is 0 Å². The summed E-state index contributed by atoms with van der Waals surface area (Å²) in [4.78, 5) is 6.13. The van der Waals surface area contributed by atoms with E-state index in [0.29, 0.717) is 18.1 Å². The zero-order valence-electron chi connectivity index (χ0n) is 19.1. The van der Waals surface area contributed by atoms with Crippen LogP contribution < -0.4 is 4.74 Å². The molecular formula is C27H30N2O3. The predicted molar refractivity (Wildman–Crippen MR) is 127 cm³/mol. The largest absolute Gasteiger partial charge is 0.504 e. The van der Waals surface area contributed by atoms with Crippen molar-refractivity contribution in [3.63, 3.8) is 0 Å². The molecule has 0 unspecified atom stereocenters. The number of aromatic nitrogens is 1. The number of hydrogen-bond acceptors (Lipinski definition) is 5. The van der Waals surface area contributed by atoms with Gasteiger partial charge in [0.25, 0.3) is 0 Å². The summed E-state index contributed by atoms with van der Waals surface area (Å²) in [5.74, 6) is 7.57. The molecule has 3 aromatic rings. The average molecular weight is 431 g/mol. The summed E-state index contributed by atoms with van der Waals surface area (Å²) < 4.78 is 11.3. The van der Waals surface area contributed by atoms with Gasteiger partial charge in [0.15, 0.2) is 23.7 Å². The summed E-state index contributed by atoms with van der Waals surface area (Å²) in [7, 11) is 2.05. The number of aromatic hydroxyl groups is 1. The van der Waals surface area contributed by atoms with Crippen molar-refractivity contribution in [3.05, 3.63) is 78.3 Å². The molecule has 3 rings (SSSR count). The van der Waals surface area contributed by atoms with Crippen molar-refractivity contribution in [1.82, 2.24) is 9.88 Å². The predicted octanol–water partition coefficient (Wildman–Crippen LogP) is 5.66. The lowest BCUT2D eigenvalue weighted by Crippen LogP contribution is -2.17. The van der Waals surface area contributed by atoms with Crippen molar-refractivity contribution in [1.29, 1.82) is 0 Å². The number of rotatable bonds is 8. The monoisotopic (exact) mass is 430 g/mol. The molecule has 0 aliphatic carbocycles. The van der Waals surface area contributed by atoms with Gasteiger partial charge >= 0.3 is 0 Å². The second kappa shape index (κ2) is 10.7. The first kappa shape index (κ1) is 23.2. The van der Waals surface area contributed by atoms with Crippen molar-refractivity contribution < 1.29 is 14.3 Å². The zero-order valence-corrected chi connectivity index (χ0v) is 19.1. The molecule has 1 aromatic heterocycles. The van der Waals surface area contributed by atoms with Crippen molar-refractivity contribution >= 4 is 0 Å². The molecule has 0 aliphatic heterocycles. The number of hydrogen-bond donors (Lipinski definition) is 1. The molecule has 5 heteroatoms. The first-order valence-electron chi connectivity index (χ1n) is 10.6. The highest BCUT2D eigenvalue weighted by molar-refractivity contribution is 5.57. The van der Waals surface area contributed by atoms with E-state index in [4.69, 9.17) is 9.15 Å². The summed E-state index contributed by atoms with van der Waals surface area (Å²) in [5, 5.41) is 10.2. The summed E-state index contributed by atoms with van der Waals surface area (Å²) in [6, 6.07) is 13.3. The van der Waals surface area contributed by atoms with Crippen molar-refractivity contribution in [3.8, 4) is 34.7 Å². The molecule has 0 saturated heterocycles. The molecule has 0 saturated carbocycles. The second-order valence-electron chi connectivity index (χ2n) is 8.78. The third kappa shape index (κ3) is 7.33. The number of likely N-dealkylation sites (N-methyl/N-ethyl adjacent to an activating group) is 1. The normalized spacial score (nSPS) is 11.5. The summed E-state index contributed by atoms with van der Waals surface area (Å²) in [6.07, 6.45) is 7.05. The van der Waals surface area contributed by atoms with Crippen LogP contribution >= 0.6 is 0 Å². The minimum Gasteiger partial charge on any atom is -0.504 e. The van der Waals surface area contributed by atoms with Gasteiger partial charge in [-0.3, -0.25) is 4.90 Å². The van der Waals surface area contributed by atoms with E-state index >= 15 is 0 Å². The Morgan fingerprint density at radius 3 is 2.75 bits per heavy atom. The van der Waals surface area contributed by atoms with E-state index in [1.807, 2.05) is 49.5 Å². The molecule has 0 aliphatic rings. The molecule has 0 radical (unpaired) electrons. The van der Waals surface area contributed by atoms with Crippen LogP contribution in [0.4, 0.5) is 0 Å². The highest BCUT2D eigenvalue weighted by atomic mass is 16.5. The fourth-order valence-corrected chi connectivity index (χ4v) is 3.03. The van der Waals surface area contributed by atoms with Crippen LogP contribution in [0.15, 0.2) is 71.6 Å². The SMILES string of the molecule is CN(CC=CC#CC(C)(C)C)Cc1ccc(O)c(OCc2cccc(-c3cnco3)c2)c1. The van der Waals surface area contributed by atoms with Gasteiger partial charge in [-0.05, 0) is 63.2 Å². The standard InChI is InChI=1S/C27H30N2O3/c1-27(2,3)13-6-5-7-14-29(4)18-21-11-12-24(30)25(16-21)31-19-22-9-8-10-23(15-22)26-17-28-20-32-26/h5,7-12,15-17,20,30H,14,18-19H2,1-4H3. The Kier molecular flexibility index (Phi) is 7.75. The lowest BCUT2D eigenvalue weighted by molar-refractivity contribution is 0.287. The summed E-state index contributed by atoms with van der Waals surface area (Å²) in [5.41, 5.74) is 2.98. The molecule has 0 amide bonds. The Morgan fingerprint density at radius 2 is 2.00 bits per heavy atom. The number of oxazole rings is 1. The molecule has 0 fully saturated rings. The summed E-state index contributed by atoms with van der Waals surface area (Å²) in [6.45, 7) is 8.14. The Labute approximate surface area is 190 Å². The van der Waals surface area contributed by atoms with Crippen molar-refractivity contribution in [2.75, 3.05) is 13.6 Å². The number of phenolic OH excluding ortho intramolecular Hbond substituents is 1. The molecular weight excluding hydrogens is 400 g/mol. The van der Waals surface area contributed by atoms with E-state index in [2.05, 4.69) is 48.6 Å². The smallest absolute Gasteiger partial charge is 0.181 e. The van der Waals surface area contributed by atoms with E-state index in [9.17, 15) is 5.11 Å². The molecule has 5 nitrogen and oxygen atoms in total. The topological polar surface area (TPSA) is 58.7 Å². The number of phenols is 1. The maximum absolute atomic E-state index is 10.2. The molecule has 1 N–H and O–H groups in total. The molecule has 0 spiro atoms. The lowest BCUT2D eigenvalue weighted by Gasteiger charge is -2.16. The maximum Gasteiger partial charge on any atom is 0.181 e. The van der Waals surface area contributed by atoms with Gasteiger partial charge in [-0.25, -0.2) is 4.98 Å². The van der Waals surface area contributed by atoms with Gasteiger partial charge in [0, 0.05) is 24.1 Å². The number of ether oxygens (including phenoxy) is 1. The number of benzene rings is 2. The fraction of sp³-hybridized carbons (Fsp3) is 0.296. The molecule has 32 heavy (non-hydrogen) atoms. The first-order chi connectivity index (χ1) is 15.3. The third-order valence-electron chi connectivity index (χ3n) is 4.58. The van der Waals surface area contributed by atoms with Crippen LogP contribution in [0, 0.1) is 17.3 Å². The maximum atomic E-state index is 10.2. The van der Waals surface area contributed by atoms with Crippen LogP contribution in [0.25, 0.3) is 11.3 Å². The van der Waals surface area contributed by atoms with Crippen LogP contribution in [0.1, 0.15) is 31.9 Å². The Morgan fingerprint density at radius 1 is 1.16 bits per heavy atom. The quantitative estimate of drug-likeness (QED) is 0.467. The van der Waals surface area contributed by atoms with E-state index < -0.39 is 0 Å². The van der Waals surface area contributed by atoms with E-state index in [0.717, 1.165) is 29.8 Å². The van der Waals surface area contributed by atoms with E-state index in [1.165, 1.54) is 6.39 Å². The molecule has 0 bridgehead atoms. The Balaban J connectivity index is 1.58. The van der Waals surface area contributed by atoms with E-state index in [-0.39, 0.29) is 11.2 Å². The van der Waals surface area contributed by atoms with Crippen LogP contribution in [0.3, 0.4) is 0 Å². The minimum absolute atomic E-state index is 0.00990. The molecule has 2 aromatic carbocycles. The van der Waals surface area contributed by atoms with Gasteiger partial charge < -0.3 is 14.3 Å². The minimum atomic E-state index is 0.00990. The first-order valence-corrected chi connectivity index (χ1v) is 10.6. The molecule has 1 heterocycles. The Hall–Kier alpha value is -3.49. The van der Waals surface area contributed by atoms with Crippen LogP contribution in [-0.2, 0) is 13.2 Å². The highest BCUT2D eigenvalue weighted by Gasteiger charge is 2.08. The van der Waals surface area contributed by atoms with Crippen LogP contribution in [0.2, 0.25) is 0 Å². The highest BCUT2D eigenvalue weighted by Crippen LogP contribution is 2.29. The van der Waals surface area contributed by atoms with Gasteiger partial charge in [-0.1, -0.05) is 42.2 Å². The van der Waals surface area contributed by atoms with Crippen LogP contribution in [0.5, 0.6) is 11.5 Å². The fourth-order valence-electron chi connectivity index (χ4n) is 3.03. The number of nitrogens with zero attached hydrogens (tertiary/aromatic N) is 2. The average Bonchev–Trinajstić information content (AvgIpc) is 3.28. The molecule has 0 atom stereocenters. The van der Waals surface area contributed by atoms with Gasteiger partial charge in [0.05, 0.1) is 6.20 Å². The second-order valence-corrected chi connectivity index (χ2v) is 8.78. The summed E-state index contributed by atoms with van der Waals surface area (Å²) >= 11 is 0. The van der Waals surface area contributed by atoms with E-state index in [1.54, 1.807) is 12.3 Å². The molecule has 166 valence electrons. The van der Waals surface area contributed by atoms with Crippen LogP contribution in [-0.4, -0.2) is 28.6 Å². The van der Waals surface area contributed by atoms with Crippen molar-refractivity contribution in [2.24, 2.45) is 5.41 Å². The third-order valence-corrected chi connectivity index (χ3v) is 4.58.